The molecule has 5 atom stereocenters. The molecule has 0 radical (unpaired) electrons. The molecule has 1 aromatic carbocycles. The summed E-state index contributed by atoms with van der Waals surface area (Å²) >= 11 is 0. The summed E-state index contributed by atoms with van der Waals surface area (Å²) in [5, 5.41) is 0. The molecule has 0 aromatic heterocycles. The van der Waals surface area contributed by atoms with E-state index in [2.05, 4.69) is 0 Å². The van der Waals surface area contributed by atoms with Gasteiger partial charge in [0.1, 0.15) is 17.9 Å². The lowest BCUT2D eigenvalue weighted by Crippen LogP contribution is -2.60. The minimum absolute atomic E-state index is 0.178. The Labute approximate surface area is 112 Å². The van der Waals surface area contributed by atoms with E-state index in [1.54, 1.807) is 6.92 Å². The van der Waals surface area contributed by atoms with Gasteiger partial charge in [-0.3, -0.25) is 0 Å². The molecule has 2 aliphatic rings. The van der Waals surface area contributed by atoms with Crippen LogP contribution in [-0.4, -0.2) is 31.1 Å². The first-order valence-corrected chi connectivity index (χ1v) is 6.71. The zero-order valence-electron chi connectivity index (χ0n) is 11.2. The fraction of sp³-hybridized carbons (Fsp3) is 0.600. The minimum Gasteiger partial charge on any atom is -0.373 e. The Bertz CT molecular complexity index is 434. The molecule has 1 unspecified atom stereocenters. The van der Waals surface area contributed by atoms with Gasteiger partial charge in [0.05, 0.1) is 13.2 Å². The number of ether oxygens (including phenoxy) is 3. The van der Waals surface area contributed by atoms with Crippen LogP contribution in [0.2, 0.25) is 0 Å². The Morgan fingerprint density at radius 2 is 1.89 bits per heavy atom. The average Bonchev–Trinajstić information content (AvgIpc) is 2.44. The number of hydrogen-bond acceptors (Lipinski definition) is 3. The largest absolute Gasteiger partial charge is 0.373 e. The third-order valence-electron chi connectivity index (χ3n) is 4.17. The van der Waals surface area contributed by atoms with Crippen molar-refractivity contribution in [3.8, 4) is 0 Å². The van der Waals surface area contributed by atoms with E-state index in [9.17, 15) is 4.39 Å². The first-order valence-electron chi connectivity index (χ1n) is 6.71. The molecule has 2 saturated heterocycles. The van der Waals surface area contributed by atoms with Crippen LogP contribution in [0, 0.1) is 5.92 Å². The summed E-state index contributed by atoms with van der Waals surface area (Å²) in [4.78, 5) is 0. The quantitative estimate of drug-likeness (QED) is 0.782. The molecule has 1 aromatic rings. The first kappa shape index (κ1) is 13.0. The molecule has 2 aliphatic heterocycles. The van der Waals surface area contributed by atoms with Crippen molar-refractivity contribution in [1.82, 2.24) is 0 Å². The van der Waals surface area contributed by atoms with Gasteiger partial charge in [0.15, 0.2) is 6.29 Å². The Hall–Kier alpha value is -0.970. The Balaban J connectivity index is 1.81. The highest BCUT2D eigenvalue weighted by molar-refractivity contribution is 5.17. The van der Waals surface area contributed by atoms with E-state index in [-0.39, 0.29) is 12.0 Å². The van der Waals surface area contributed by atoms with Gasteiger partial charge < -0.3 is 14.2 Å². The molecule has 0 N–H and O–H groups in total. The molecule has 0 aliphatic carbocycles. The Morgan fingerprint density at radius 1 is 1.16 bits per heavy atom. The lowest BCUT2D eigenvalue weighted by Gasteiger charge is -2.48. The van der Waals surface area contributed by atoms with Gasteiger partial charge in [-0.05, 0) is 6.92 Å². The molecule has 0 saturated carbocycles. The Kier molecular flexibility index (Phi) is 3.33. The molecule has 0 bridgehead atoms. The van der Waals surface area contributed by atoms with E-state index in [0.717, 1.165) is 5.56 Å². The average molecular weight is 266 g/mol. The molecular weight excluding hydrogens is 247 g/mol. The predicted molar refractivity (Wildman–Crippen MR) is 68.4 cm³/mol. The van der Waals surface area contributed by atoms with Gasteiger partial charge >= 0.3 is 0 Å². The van der Waals surface area contributed by atoms with Crippen molar-refractivity contribution in [3.05, 3.63) is 35.9 Å². The third-order valence-corrected chi connectivity index (χ3v) is 4.17. The topological polar surface area (TPSA) is 27.7 Å². The van der Waals surface area contributed by atoms with E-state index >= 15 is 0 Å². The molecule has 0 spiro atoms. The van der Waals surface area contributed by atoms with Crippen LogP contribution in [0.3, 0.4) is 0 Å². The number of fused-ring (bicyclic) bond motifs is 1. The van der Waals surface area contributed by atoms with Crippen LogP contribution in [0.5, 0.6) is 0 Å². The summed E-state index contributed by atoms with van der Waals surface area (Å²) in [6.45, 7) is 4.24. The monoisotopic (exact) mass is 266 g/mol. The fourth-order valence-electron chi connectivity index (χ4n) is 2.66. The lowest BCUT2D eigenvalue weighted by molar-refractivity contribution is -0.317. The summed E-state index contributed by atoms with van der Waals surface area (Å²) in [5.41, 5.74) is -0.477. The molecule has 2 fully saturated rings. The normalized spacial score (nSPS) is 42.7. The standard InChI is InChI=1S/C15H19FO3/c1-10-8-17-12-9-18-14(11-6-4-3-5-7-11)19-13(12)15(10,2)16/h3-7,10,12-14H,8-9H2,1-2H3/t10-,12-,13?,14-,15+/m1/s1. The molecule has 3 rings (SSSR count). The highest BCUT2D eigenvalue weighted by Gasteiger charge is 2.52. The second-order valence-electron chi connectivity index (χ2n) is 5.56. The maximum atomic E-state index is 14.8. The van der Waals surface area contributed by atoms with Gasteiger partial charge in [-0.2, -0.15) is 0 Å². The maximum absolute atomic E-state index is 14.8. The van der Waals surface area contributed by atoms with Crippen molar-refractivity contribution >= 4 is 0 Å². The van der Waals surface area contributed by atoms with E-state index in [1.807, 2.05) is 37.3 Å². The Morgan fingerprint density at radius 3 is 2.63 bits per heavy atom. The second-order valence-corrected chi connectivity index (χ2v) is 5.56. The van der Waals surface area contributed by atoms with Crippen molar-refractivity contribution in [2.24, 2.45) is 5.92 Å². The van der Waals surface area contributed by atoms with E-state index < -0.39 is 18.1 Å². The molecule has 0 amide bonds. The van der Waals surface area contributed by atoms with Gasteiger partial charge in [-0.25, -0.2) is 4.39 Å². The van der Waals surface area contributed by atoms with Gasteiger partial charge in [0, 0.05) is 11.5 Å². The summed E-state index contributed by atoms with van der Waals surface area (Å²) in [6.07, 6.45) is -1.40. The first-order chi connectivity index (χ1) is 9.09. The number of benzene rings is 1. The van der Waals surface area contributed by atoms with Crippen molar-refractivity contribution in [3.63, 3.8) is 0 Å². The van der Waals surface area contributed by atoms with Crippen molar-refractivity contribution in [2.75, 3.05) is 13.2 Å². The number of halogens is 1. The molecule has 2 heterocycles. The van der Waals surface area contributed by atoms with Crippen LogP contribution >= 0.6 is 0 Å². The molecule has 4 heteroatoms. The van der Waals surface area contributed by atoms with Crippen LogP contribution in [0.4, 0.5) is 4.39 Å². The molecule has 19 heavy (non-hydrogen) atoms. The third kappa shape index (κ3) is 2.29. The summed E-state index contributed by atoms with van der Waals surface area (Å²) in [6, 6.07) is 9.62. The van der Waals surface area contributed by atoms with Crippen LogP contribution in [-0.2, 0) is 14.2 Å². The van der Waals surface area contributed by atoms with Crippen molar-refractivity contribution in [2.45, 2.75) is 38.0 Å². The SMILES string of the molecule is C[C@@H]1CO[C@@H]2CO[C@@H](c3ccccc3)OC2[C@@]1(C)F. The van der Waals surface area contributed by atoms with Gasteiger partial charge in [-0.15, -0.1) is 0 Å². The van der Waals surface area contributed by atoms with E-state index in [0.29, 0.717) is 13.2 Å². The highest BCUT2D eigenvalue weighted by Crippen LogP contribution is 2.41. The second kappa shape index (κ2) is 4.85. The summed E-state index contributed by atoms with van der Waals surface area (Å²) < 4.78 is 31.9. The summed E-state index contributed by atoms with van der Waals surface area (Å²) in [7, 11) is 0. The molecular formula is C15H19FO3. The minimum atomic E-state index is -1.39. The van der Waals surface area contributed by atoms with Crippen molar-refractivity contribution in [1.29, 1.82) is 0 Å². The zero-order chi connectivity index (χ0) is 13.5. The number of alkyl halides is 1. The number of rotatable bonds is 1. The molecule has 104 valence electrons. The highest BCUT2D eigenvalue weighted by atomic mass is 19.1. The summed E-state index contributed by atoms with van der Waals surface area (Å²) in [5.74, 6) is -0.178. The zero-order valence-corrected chi connectivity index (χ0v) is 11.2. The van der Waals surface area contributed by atoms with E-state index in [1.165, 1.54) is 0 Å². The maximum Gasteiger partial charge on any atom is 0.184 e. The van der Waals surface area contributed by atoms with Crippen LogP contribution < -0.4 is 0 Å². The van der Waals surface area contributed by atoms with Gasteiger partial charge in [0.2, 0.25) is 0 Å². The fourth-order valence-corrected chi connectivity index (χ4v) is 2.66. The smallest absolute Gasteiger partial charge is 0.184 e. The van der Waals surface area contributed by atoms with Crippen LogP contribution in [0.15, 0.2) is 30.3 Å². The van der Waals surface area contributed by atoms with Gasteiger partial charge in [0.25, 0.3) is 0 Å². The predicted octanol–water partition coefficient (Wildman–Crippen LogP) is 2.86. The van der Waals surface area contributed by atoms with Gasteiger partial charge in [-0.1, -0.05) is 37.3 Å². The molecule has 3 nitrogen and oxygen atoms in total. The lowest BCUT2D eigenvalue weighted by atomic mass is 9.82. The number of hydrogen-bond donors (Lipinski definition) is 0. The van der Waals surface area contributed by atoms with Crippen molar-refractivity contribution < 1.29 is 18.6 Å². The van der Waals surface area contributed by atoms with E-state index in [4.69, 9.17) is 14.2 Å². The van der Waals surface area contributed by atoms with Crippen LogP contribution in [0.1, 0.15) is 25.7 Å². The van der Waals surface area contributed by atoms with Crippen LogP contribution in [0.25, 0.3) is 0 Å².